The van der Waals surface area contributed by atoms with Crippen molar-refractivity contribution >= 4 is 17.1 Å². The SMILES string of the molecule is Cn1cc(-c2cc3cnc(Cl)nn3c2)cn1. The van der Waals surface area contributed by atoms with Crippen LogP contribution in [-0.4, -0.2) is 24.4 Å². The fraction of sp³-hybridized carbons (Fsp3) is 0.100. The fourth-order valence-corrected chi connectivity index (χ4v) is 1.74. The highest BCUT2D eigenvalue weighted by Crippen LogP contribution is 2.21. The molecule has 0 aromatic carbocycles. The van der Waals surface area contributed by atoms with E-state index < -0.39 is 0 Å². The largest absolute Gasteiger partial charge is 0.275 e. The Kier molecular flexibility index (Phi) is 1.94. The molecule has 3 aromatic rings. The van der Waals surface area contributed by atoms with Crippen molar-refractivity contribution < 1.29 is 0 Å². The first-order chi connectivity index (χ1) is 7.72. The highest BCUT2D eigenvalue weighted by Gasteiger charge is 2.05. The topological polar surface area (TPSA) is 48.0 Å². The molecule has 0 spiro atoms. The maximum Gasteiger partial charge on any atom is 0.241 e. The lowest BCUT2D eigenvalue weighted by Crippen LogP contribution is -1.90. The zero-order valence-corrected chi connectivity index (χ0v) is 9.26. The maximum atomic E-state index is 5.72. The number of halogens is 1. The third-order valence-electron chi connectivity index (χ3n) is 2.36. The summed E-state index contributed by atoms with van der Waals surface area (Å²) in [5.41, 5.74) is 3.00. The van der Waals surface area contributed by atoms with E-state index in [9.17, 15) is 0 Å². The minimum Gasteiger partial charge on any atom is -0.275 e. The van der Waals surface area contributed by atoms with Crippen LogP contribution in [0.4, 0.5) is 0 Å². The van der Waals surface area contributed by atoms with Crippen LogP contribution in [0.5, 0.6) is 0 Å². The molecular weight excluding hydrogens is 226 g/mol. The van der Waals surface area contributed by atoms with Crippen LogP contribution in [0.2, 0.25) is 5.28 Å². The Morgan fingerprint density at radius 3 is 2.81 bits per heavy atom. The average Bonchev–Trinajstić information content (AvgIpc) is 2.83. The number of nitrogens with zero attached hydrogens (tertiary/aromatic N) is 5. The summed E-state index contributed by atoms with van der Waals surface area (Å²) in [5.74, 6) is 0. The molecule has 0 N–H and O–H groups in total. The average molecular weight is 234 g/mol. The first-order valence-electron chi connectivity index (χ1n) is 4.72. The molecule has 0 atom stereocenters. The van der Waals surface area contributed by atoms with Gasteiger partial charge in [0.05, 0.1) is 17.9 Å². The summed E-state index contributed by atoms with van der Waals surface area (Å²) in [6.45, 7) is 0. The smallest absolute Gasteiger partial charge is 0.241 e. The van der Waals surface area contributed by atoms with E-state index in [1.54, 1.807) is 15.4 Å². The molecule has 0 unspecified atom stereocenters. The van der Waals surface area contributed by atoms with Gasteiger partial charge in [-0.05, 0) is 17.7 Å². The van der Waals surface area contributed by atoms with Gasteiger partial charge in [-0.25, -0.2) is 9.50 Å². The predicted octanol–water partition coefficient (Wildman–Crippen LogP) is 1.78. The molecule has 0 saturated heterocycles. The van der Waals surface area contributed by atoms with Gasteiger partial charge >= 0.3 is 0 Å². The lowest BCUT2D eigenvalue weighted by Gasteiger charge is -1.90. The highest BCUT2D eigenvalue weighted by molar-refractivity contribution is 6.28. The van der Waals surface area contributed by atoms with Crippen LogP contribution in [0.3, 0.4) is 0 Å². The zero-order chi connectivity index (χ0) is 11.1. The minimum absolute atomic E-state index is 0.237. The molecule has 0 bridgehead atoms. The molecule has 80 valence electrons. The van der Waals surface area contributed by atoms with E-state index in [1.807, 2.05) is 31.7 Å². The molecular formula is C10H8ClN5. The van der Waals surface area contributed by atoms with E-state index in [1.165, 1.54) is 0 Å². The maximum absolute atomic E-state index is 5.72. The normalized spacial score (nSPS) is 11.1. The molecule has 0 aliphatic rings. The van der Waals surface area contributed by atoms with E-state index in [-0.39, 0.29) is 5.28 Å². The predicted molar refractivity (Wildman–Crippen MR) is 60.2 cm³/mol. The second-order valence-corrected chi connectivity index (χ2v) is 3.87. The van der Waals surface area contributed by atoms with Gasteiger partial charge in [0, 0.05) is 30.6 Å². The van der Waals surface area contributed by atoms with E-state index >= 15 is 0 Å². The van der Waals surface area contributed by atoms with Crippen LogP contribution in [0.15, 0.2) is 30.9 Å². The Morgan fingerprint density at radius 1 is 1.19 bits per heavy atom. The summed E-state index contributed by atoms with van der Waals surface area (Å²) < 4.78 is 3.47. The zero-order valence-electron chi connectivity index (χ0n) is 8.50. The molecule has 0 aliphatic heterocycles. The molecule has 0 saturated carbocycles. The van der Waals surface area contributed by atoms with Gasteiger partial charge in [0.1, 0.15) is 0 Å². The van der Waals surface area contributed by atoms with Gasteiger partial charge in [-0.2, -0.15) is 5.10 Å². The van der Waals surface area contributed by atoms with Gasteiger partial charge in [0.2, 0.25) is 5.28 Å². The van der Waals surface area contributed by atoms with Gasteiger partial charge in [-0.3, -0.25) is 4.68 Å². The van der Waals surface area contributed by atoms with E-state index in [0.717, 1.165) is 16.6 Å². The van der Waals surface area contributed by atoms with Crippen LogP contribution in [0.25, 0.3) is 16.6 Å². The number of aryl methyl sites for hydroxylation is 1. The van der Waals surface area contributed by atoms with Crippen LogP contribution in [0, 0.1) is 0 Å². The monoisotopic (exact) mass is 233 g/mol. The molecule has 0 amide bonds. The lowest BCUT2D eigenvalue weighted by atomic mass is 10.2. The molecule has 6 heteroatoms. The van der Waals surface area contributed by atoms with Gasteiger partial charge in [-0.1, -0.05) is 0 Å². The minimum atomic E-state index is 0.237. The van der Waals surface area contributed by atoms with Crippen LogP contribution in [-0.2, 0) is 7.05 Å². The van der Waals surface area contributed by atoms with Crippen molar-refractivity contribution in [1.82, 2.24) is 24.4 Å². The summed E-state index contributed by atoms with van der Waals surface area (Å²) in [5, 5.41) is 8.44. The summed E-state index contributed by atoms with van der Waals surface area (Å²) in [6, 6.07) is 1.99. The first kappa shape index (κ1) is 9.35. The third-order valence-corrected chi connectivity index (χ3v) is 2.53. The molecule has 0 fully saturated rings. The Balaban J connectivity index is 2.18. The molecule has 16 heavy (non-hydrogen) atoms. The van der Waals surface area contributed by atoms with E-state index in [4.69, 9.17) is 11.6 Å². The summed E-state index contributed by atoms with van der Waals surface area (Å²) in [6.07, 6.45) is 7.35. The number of hydrogen-bond donors (Lipinski definition) is 0. The van der Waals surface area contributed by atoms with Crippen molar-refractivity contribution in [1.29, 1.82) is 0 Å². The number of fused-ring (bicyclic) bond motifs is 1. The standard InChI is InChI=1S/C10H8ClN5/c1-15-5-8(3-13-15)7-2-9-4-12-10(11)14-16(9)6-7/h2-6H,1H3. The first-order valence-corrected chi connectivity index (χ1v) is 5.10. The van der Waals surface area contributed by atoms with Crippen molar-refractivity contribution in [3.63, 3.8) is 0 Å². The Hall–Kier alpha value is -1.88. The second kappa shape index (κ2) is 3.31. The van der Waals surface area contributed by atoms with Crippen molar-refractivity contribution in [3.8, 4) is 11.1 Å². The molecule has 3 heterocycles. The highest BCUT2D eigenvalue weighted by atomic mass is 35.5. The van der Waals surface area contributed by atoms with Gasteiger partial charge in [-0.15, -0.1) is 5.10 Å². The van der Waals surface area contributed by atoms with Crippen LogP contribution < -0.4 is 0 Å². The Morgan fingerprint density at radius 2 is 2.06 bits per heavy atom. The molecule has 5 nitrogen and oxygen atoms in total. The summed E-state index contributed by atoms with van der Waals surface area (Å²) >= 11 is 5.72. The quantitative estimate of drug-likeness (QED) is 0.644. The van der Waals surface area contributed by atoms with Crippen LogP contribution >= 0.6 is 11.6 Å². The van der Waals surface area contributed by atoms with Gasteiger partial charge in [0.25, 0.3) is 0 Å². The van der Waals surface area contributed by atoms with Crippen molar-refractivity contribution in [3.05, 3.63) is 36.1 Å². The third kappa shape index (κ3) is 1.45. The summed E-state index contributed by atoms with van der Waals surface area (Å²) in [4.78, 5) is 3.93. The van der Waals surface area contributed by atoms with E-state index in [2.05, 4.69) is 15.2 Å². The van der Waals surface area contributed by atoms with Crippen molar-refractivity contribution in [2.45, 2.75) is 0 Å². The number of aromatic nitrogens is 5. The number of hydrogen-bond acceptors (Lipinski definition) is 3. The number of rotatable bonds is 1. The van der Waals surface area contributed by atoms with Crippen LogP contribution in [0.1, 0.15) is 0 Å². The van der Waals surface area contributed by atoms with Gasteiger partial charge < -0.3 is 0 Å². The fourth-order valence-electron chi connectivity index (χ4n) is 1.61. The summed E-state index contributed by atoms with van der Waals surface area (Å²) in [7, 11) is 1.88. The molecule has 0 aliphatic carbocycles. The lowest BCUT2D eigenvalue weighted by molar-refractivity contribution is 0.768. The Bertz CT molecular complexity index is 654. The van der Waals surface area contributed by atoms with Gasteiger partial charge in [0.15, 0.2) is 0 Å². The van der Waals surface area contributed by atoms with E-state index in [0.29, 0.717) is 0 Å². The molecule has 0 radical (unpaired) electrons. The Labute approximate surface area is 96.3 Å². The van der Waals surface area contributed by atoms with Crippen molar-refractivity contribution in [2.75, 3.05) is 0 Å². The molecule has 3 aromatic heterocycles. The molecule has 3 rings (SSSR count). The van der Waals surface area contributed by atoms with Crippen molar-refractivity contribution in [2.24, 2.45) is 7.05 Å². The second-order valence-electron chi connectivity index (χ2n) is 3.53.